The van der Waals surface area contributed by atoms with Gasteiger partial charge in [0.05, 0.1) is 0 Å². The lowest BCUT2D eigenvalue weighted by Gasteiger charge is -2.28. The van der Waals surface area contributed by atoms with E-state index in [0.29, 0.717) is 0 Å². The average Bonchev–Trinajstić information content (AvgIpc) is 2.34. The quantitative estimate of drug-likeness (QED) is 0.852. The van der Waals surface area contributed by atoms with Crippen LogP contribution in [0.4, 0.5) is 0 Å². The fourth-order valence-corrected chi connectivity index (χ4v) is 2.75. The highest BCUT2D eigenvalue weighted by Crippen LogP contribution is 2.34. The molecule has 0 aliphatic carbocycles. The Balaban J connectivity index is 2.63. The van der Waals surface area contributed by atoms with Crippen LogP contribution in [0, 0.1) is 27.7 Å². The van der Waals surface area contributed by atoms with Crippen molar-refractivity contribution >= 4 is 0 Å². The topological polar surface area (TPSA) is 20.2 Å². The Morgan fingerprint density at radius 1 is 0.737 bits per heavy atom. The largest absolute Gasteiger partial charge is 0.381 e. The van der Waals surface area contributed by atoms with Crippen LogP contribution in [0.3, 0.4) is 0 Å². The van der Waals surface area contributed by atoms with Gasteiger partial charge in [0.15, 0.2) is 0 Å². The van der Waals surface area contributed by atoms with Gasteiger partial charge in [0, 0.05) is 0 Å². The first kappa shape index (κ1) is 13.8. The molecule has 0 heterocycles. The standard InChI is InChI=1S/C18H22O/c1-12-8-6-7-9-16(12)18(5,19)17-11-14(3)13(2)10-15(17)4/h6-11,19H,1-5H3. The van der Waals surface area contributed by atoms with Crippen molar-refractivity contribution in [1.82, 2.24) is 0 Å². The molecule has 1 N–H and O–H groups in total. The van der Waals surface area contributed by atoms with Gasteiger partial charge in [-0.1, -0.05) is 36.4 Å². The van der Waals surface area contributed by atoms with Crippen LogP contribution in [0.15, 0.2) is 36.4 Å². The fourth-order valence-electron chi connectivity index (χ4n) is 2.75. The molecule has 2 aromatic rings. The first-order valence-electron chi connectivity index (χ1n) is 6.71. The van der Waals surface area contributed by atoms with Crippen molar-refractivity contribution in [2.45, 2.75) is 40.2 Å². The third-order valence-corrected chi connectivity index (χ3v) is 4.03. The summed E-state index contributed by atoms with van der Waals surface area (Å²) < 4.78 is 0. The maximum atomic E-state index is 11.0. The molecular formula is C18H22O. The summed E-state index contributed by atoms with van der Waals surface area (Å²) in [5.41, 5.74) is 5.75. The summed E-state index contributed by atoms with van der Waals surface area (Å²) in [5.74, 6) is 0. The fraction of sp³-hybridized carbons (Fsp3) is 0.333. The van der Waals surface area contributed by atoms with Gasteiger partial charge in [-0.25, -0.2) is 0 Å². The highest BCUT2D eigenvalue weighted by Gasteiger charge is 2.28. The van der Waals surface area contributed by atoms with Crippen LogP contribution in [0.5, 0.6) is 0 Å². The number of aliphatic hydroxyl groups is 1. The van der Waals surface area contributed by atoms with E-state index in [0.717, 1.165) is 22.3 Å². The lowest BCUT2D eigenvalue weighted by atomic mass is 9.82. The lowest BCUT2D eigenvalue weighted by molar-refractivity contribution is 0.101. The maximum absolute atomic E-state index is 11.0. The molecule has 0 saturated heterocycles. The van der Waals surface area contributed by atoms with Crippen molar-refractivity contribution in [2.75, 3.05) is 0 Å². The Morgan fingerprint density at radius 3 is 1.95 bits per heavy atom. The van der Waals surface area contributed by atoms with Crippen molar-refractivity contribution < 1.29 is 5.11 Å². The van der Waals surface area contributed by atoms with Crippen LogP contribution in [-0.2, 0) is 5.60 Å². The molecule has 0 aromatic heterocycles. The Labute approximate surface area is 115 Å². The van der Waals surface area contributed by atoms with Crippen LogP contribution in [0.2, 0.25) is 0 Å². The predicted octanol–water partition coefficient (Wildman–Crippen LogP) is 4.18. The van der Waals surface area contributed by atoms with E-state index in [1.807, 2.05) is 38.1 Å². The summed E-state index contributed by atoms with van der Waals surface area (Å²) in [7, 11) is 0. The van der Waals surface area contributed by atoms with E-state index in [4.69, 9.17) is 0 Å². The van der Waals surface area contributed by atoms with Gasteiger partial charge in [-0.3, -0.25) is 0 Å². The molecule has 1 heteroatoms. The first-order valence-corrected chi connectivity index (χ1v) is 6.71. The molecule has 0 aliphatic heterocycles. The van der Waals surface area contributed by atoms with Gasteiger partial charge < -0.3 is 5.11 Å². The Morgan fingerprint density at radius 2 is 1.32 bits per heavy atom. The molecule has 0 fully saturated rings. The van der Waals surface area contributed by atoms with E-state index in [2.05, 4.69) is 32.9 Å². The molecule has 0 saturated carbocycles. The number of aryl methyl sites for hydroxylation is 4. The smallest absolute Gasteiger partial charge is 0.112 e. The molecule has 1 nitrogen and oxygen atoms in total. The molecule has 100 valence electrons. The molecule has 0 aliphatic rings. The van der Waals surface area contributed by atoms with Gasteiger partial charge in [-0.15, -0.1) is 0 Å². The summed E-state index contributed by atoms with van der Waals surface area (Å²) in [6.45, 7) is 10.2. The minimum atomic E-state index is -0.951. The van der Waals surface area contributed by atoms with Crippen LogP contribution in [-0.4, -0.2) is 5.11 Å². The third-order valence-electron chi connectivity index (χ3n) is 4.03. The lowest BCUT2D eigenvalue weighted by Crippen LogP contribution is -2.25. The predicted molar refractivity (Wildman–Crippen MR) is 80.5 cm³/mol. The van der Waals surface area contributed by atoms with Crippen LogP contribution < -0.4 is 0 Å². The maximum Gasteiger partial charge on any atom is 0.112 e. The summed E-state index contributed by atoms with van der Waals surface area (Å²) in [6.07, 6.45) is 0. The van der Waals surface area contributed by atoms with E-state index in [-0.39, 0.29) is 0 Å². The molecule has 0 bridgehead atoms. The average molecular weight is 254 g/mol. The zero-order valence-corrected chi connectivity index (χ0v) is 12.4. The van der Waals surface area contributed by atoms with Crippen molar-refractivity contribution in [2.24, 2.45) is 0 Å². The first-order chi connectivity index (χ1) is 8.84. The summed E-state index contributed by atoms with van der Waals surface area (Å²) in [4.78, 5) is 0. The monoisotopic (exact) mass is 254 g/mol. The number of benzene rings is 2. The SMILES string of the molecule is Cc1cc(C)c(C(C)(O)c2ccccc2C)cc1C. The number of hydrogen-bond acceptors (Lipinski definition) is 1. The normalized spacial score (nSPS) is 14.2. The molecule has 1 unspecified atom stereocenters. The second kappa shape index (κ2) is 4.82. The molecule has 0 amide bonds. The molecule has 0 radical (unpaired) electrons. The van der Waals surface area contributed by atoms with E-state index in [1.165, 1.54) is 11.1 Å². The van der Waals surface area contributed by atoms with E-state index in [1.54, 1.807) is 0 Å². The second-order valence-corrected chi connectivity index (χ2v) is 5.64. The zero-order chi connectivity index (χ0) is 14.2. The Hall–Kier alpha value is -1.60. The summed E-state index contributed by atoms with van der Waals surface area (Å²) >= 11 is 0. The van der Waals surface area contributed by atoms with Crippen molar-refractivity contribution in [3.8, 4) is 0 Å². The van der Waals surface area contributed by atoms with Gasteiger partial charge in [-0.05, 0) is 68.0 Å². The molecule has 1 atom stereocenters. The minimum Gasteiger partial charge on any atom is -0.381 e. The van der Waals surface area contributed by atoms with Crippen molar-refractivity contribution in [3.05, 3.63) is 69.8 Å². The zero-order valence-electron chi connectivity index (χ0n) is 12.4. The van der Waals surface area contributed by atoms with Gasteiger partial charge in [0.1, 0.15) is 5.60 Å². The van der Waals surface area contributed by atoms with Crippen LogP contribution >= 0.6 is 0 Å². The van der Waals surface area contributed by atoms with Gasteiger partial charge in [0.25, 0.3) is 0 Å². The van der Waals surface area contributed by atoms with Gasteiger partial charge in [-0.2, -0.15) is 0 Å². The van der Waals surface area contributed by atoms with Crippen LogP contribution in [0.25, 0.3) is 0 Å². The summed E-state index contributed by atoms with van der Waals surface area (Å²) in [5, 5.41) is 11.0. The molecular weight excluding hydrogens is 232 g/mol. The molecule has 19 heavy (non-hydrogen) atoms. The molecule has 2 rings (SSSR count). The molecule has 0 spiro atoms. The van der Waals surface area contributed by atoms with Gasteiger partial charge in [0.2, 0.25) is 0 Å². The Kier molecular flexibility index (Phi) is 3.51. The third kappa shape index (κ3) is 2.43. The minimum absolute atomic E-state index is 0.951. The second-order valence-electron chi connectivity index (χ2n) is 5.64. The highest BCUT2D eigenvalue weighted by atomic mass is 16.3. The molecule has 2 aromatic carbocycles. The van der Waals surface area contributed by atoms with E-state index < -0.39 is 5.60 Å². The van der Waals surface area contributed by atoms with Crippen molar-refractivity contribution in [1.29, 1.82) is 0 Å². The van der Waals surface area contributed by atoms with Crippen molar-refractivity contribution in [3.63, 3.8) is 0 Å². The Bertz CT molecular complexity index is 609. The summed E-state index contributed by atoms with van der Waals surface area (Å²) in [6, 6.07) is 12.3. The number of hydrogen-bond donors (Lipinski definition) is 1. The van der Waals surface area contributed by atoms with Gasteiger partial charge >= 0.3 is 0 Å². The van der Waals surface area contributed by atoms with E-state index >= 15 is 0 Å². The van der Waals surface area contributed by atoms with Crippen LogP contribution in [0.1, 0.15) is 40.3 Å². The highest BCUT2D eigenvalue weighted by molar-refractivity contribution is 5.46. The van der Waals surface area contributed by atoms with E-state index in [9.17, 15) is 5.11 Å². The number of rotatable bonds is 2.